The molecule has 1 heterocycles. The Labute approximate surface area is 103 Å². The molecule has 1 amide bonds. The van der Waals surface area contributed by atoms with E-state index in [1.54, 1.807) is 0 Å². The lowest BCUT2D eigenvalue weighted by Gasteiger charge is -2.32. The molecule has 0 bridgehead atoms. The van der Waals surface area contributed by atoms with Gasteiger partial charge in [0.1, 0.15) is 0 Å². The van der Waals surface area contributed by atoms with Crippen LogP contribution in [-0.2, 0) is 9.53 Å². The molecule has 17 heavy (non-hydrogen) atoms. The molecule has 1 aliphatic carbocycles. The van der Waals surface area contributed by atoms with E-state index in [1.807, 2.05) is 6.92 Å². The van der Waals surface area contributed by atoms with E-state index < -0.39 is 5.60 Å². The quantitative estimate of drug-likeness (QED) is 0.781. The van der Waals surface area contributed by atoms with E-state index in [2.05, 4.69) is 5.32 Å². The maximum atomic E-state index is 11.9. The minimum Gasteiger partial charge on any atom is -0.388 e. The summed E-state index contributed by atoms with van der Waals surface area (Å²) in [7, 11) is 0. The van der Waals surface area contributed by atoms with Gasteiger partial charge in [0.15, 0.2) is 0 Å². The average molecular weight is 241 g/mol. The number of nitrogens with one attached hydrogen (secondary N) is 1. The van der Waals surface area contributed by atoms with Crippen molar-refractivity contribution in [3.05, 3.63) is 0 Å². The van der Waals surface area contributed by atoms with Crippen LogP contribution in [-0.4, -0.2) is 35.9 Å². The Hall–Kier alpha value is -0.610. The zero-order chi connectivity index (χ0) is 12.3. The van der Waals surface area contributed by atoms with Crippen LogP contribution in [0.5, 0.6) is 0 Å². The smallest absolute Gasteiger partial charge is 0.225 e. The van der Waals surface area contributed by atoms with Crippen LogP contribution in [0.15, 0.2) is 0 Å². The number of hydrogen-bond donors (Lipinski definition) is 2. The highest BCUT2D eigenvalue weighted by Gasteiger charge is 2.34. The monoisotopic (exact) mass is 241 g/mol. The number of amides is 1. The van der Waals surface area contributed by atoms with Crippen molar-refractivity contribution in [2.24, 2.45) is 5.92 Å². The molecule has 2 atom stereocenters. The van der Waals surface area contributed by atoms with E-state index >= 15 is 0 Å². The van der Waals surface area contributed by atoms with E-state index in [4.69, 9.17) is 4.74 Å². The fraction of sp³-hybridized carbons (Fsp3) is 0.923. The van der Waals surface area contributed by atoms with Gasteiger partial charge in [-0.15, -0.1) is 0 Å². The summed E-state index contributed by atoms with van der Waals surface area (Å²) >= 11 is 0. The predicted molar refractivity (Wildman–Crippen MR) is 64.6 cm³/mol. The first kappa shape index (κ1) is 12.8. The van der Waals surface area contributed by atoms with Crippen molar-refractivity contribution in [1.29, 1.82) is 0 Å². The summed E-state index contributed by atoms with van der Waals surface area (Å²) in [5, 5.41) is 13.2. The second kappa shape index (κ2) is 5.36. The molecule has 0 aromatic carbocycles. The topological polar surface area (TPSA) is 58.6 Å². The van der Waals surface area contributed by atoms with Gasteiger partial charge in [-0.1, -0.05) is 19.3 Å². The van der Waals surface area contributed by atoms with Gasteiger partial charge in [0.25, 0.3) is 0 Å². The Balaban J connectivity index is 1.79. The second-order valence-electron chi connectivity index (χ2n) is 5.47. The maximum absolute atomic E-state index is 11.9. The van der Waals surface area contributed by atoms with E-state index in [9.17, 15) is 9.90 Å². The molecule has 0 radical (unpaired) electrons. The average Bonchev–Trinajstić information content (AvgIpc) is 2.74. The maximum Gasteiger partial charge on any atom is 0.225 e. The molecule has 0 aromatic heterocycles. The molecular weight excluding hydrogens is 218 g/mol. The van der Waals surface area contributed by atoms with E-state index in [0.29, 0.717) is 13.2 Å². The first-order chi connectivity index (χ1) is 8.11. The van der Waals surface area contributed by atoms with Crippen molar-refractivity contribution in [2.45, 2.75) is 57.2 Å². The lowest BCUT2D eigenvalue weighted by molar-refractivity contribution is -0.128. The third-order valence-electron chi connectivity index (χ3n) is 4.09. The summed E-state index contributed by atoms with van der Waals surface area (Å²) in [5.74, 6) is -0.00353. The highest BCUT2D eigenvalue weighted by atomic mass is 16.5. The number of rotatable bonds is 3. The summed E-state index contributed by atoms with van der Waals surface area (Å²) in [4.78, 5) is 11.9. The molecule has 1 saturated carbocycles. The van der Waals surface area contributed by atoms with Crippen molar-refractivity contribution in [3.8, 4) is 0 Å². The molecule has 0 aromatic rings. The fourth-order valence-electron chi connectivity index (χ4n) is 2.85. The van der Waals surface area contributed by atoms with Crippen LogP contribution >= 0.6 is 0 Å². The van der Waals surface area contributed by atoms with E-state index in [1.165, 1.54) is 6.42 Å². The molecule has 2 N–H and O–H groups in total. The molecule has 1 saturated heterocycles. The van der Waals surface area contributed by atoms with Gasteiger partial charge in [0.05, 0.1) is 17.6 Å². The minimum atomic E-state index is -0.670. The molecule has 98 valence electrons. The molecule has 0 spiro atoms. The van der Waals surface area contributed by atoms with Crippen molar-refractivity contribution in [1.82, 2.24) is 5.32 Å². The van der Waals surface area contributed by atoms with Crippen LogP contribution in [0.4, 0.5) is 0 Å². The molecule has 4 nitrogen and oxygen atoms in total. The number of ether oxygens (including phenoxy) is 1. The number of carbonyl (C=O) groups is 1. The van der Waals surface area contributed by atoms with Crippen LogP contribution in [0.3, 0.4) is 0 Å². The molecular formula is C13H23NO3. The summed E-state index contributed by atoms with van der Waals surface area (Å²) in [6, 6.07) is 0. The Bertz CT molecular complexity index is 274. The van der Waals surface area contributed by atoms with Gasteiger partial charge in [-0.2, -0.15) is 0 Å². The lowest BCUT2D eigenvalue weighted by atomic mass is 9.84. The largest absolute Gasteiger partial charge is 0.388 e. The van der Waals surface area contributed by atoms with Crippen molar-refractivity contribution in [2.75, 3.05) is 13.2 Å². The van der Waals surface area contributed by atoms with Crippen LogP contribution in [0.1, 0.15) is 45.4 Å². The Morgan fingerprint density at radius 3 is 2.71 bits per heavy atom. The Morgan fingerprint density at radius 2 is 2.12 bits per heavy atom. The lowest BCUT2D eigenvalue weighted by Crippen LogP contribution is -2.46. The molecule has 1 aliphatic heterocycles. The number of carbonyl (C=O) groups excluding carboxylic acids is 1. The van der Waals surface area contributed by atoms with Gasteiger partial charge >= 0.3 is 0 Å². The predicted octanol–water partition coefficient (Wildman–Crippen LogP) is 1.22. The van der Waals surface area contributed by atoms with Crippen LogP contribution in [0, 0.1) is 5.92 Å². The summed E-state index contributed by atoms with van der Waals surface area (Å²) < 4.78 is 5.38. The SMILES string of the molecule is CC1OCCC1C(=O)NCC1(O)CCCCC1. The minimum absolute atomic E-state index is 0.0102. The van der Waals surface area contributed by atoms with Gasteiger partial charge in [-0.3, -0.25) is 4.79 Å². The van der Waals surface area contributed by atoms with E-state index in [0.717, 1.165) is 32.1 Å². The number of hydrogen-bond acceptors (Lipinski definition) is 3. The normalized spacial score (nSPS) is 32.4. The third kappa shape index (κ3) is 3.19. The third-order valence-corrected chi connectivity index (χ3v) is 4.09. The molecule has 2 aliphatic rings. The van der Waals surface area contributed by atoms with Gasteiger partial charge in [0, 0.05) is 13.2 Å². The van der Waals surface area contributed by atoms with Gasteiger partial charge in [-0.25, -0.2) is 0 Å². The van der Waals surface area contributed by atoms with Gasteiger partial charge in [-0.05, 0) is 26.2 Å². The first-order valence-corrected chi connectivity index (χ1v) is 6.72. The van der Waals surface area contributed by atoms with Crippen molar-refractivity contribution in [3.63, 3.8) is 0 Å². The molecule has 4 heteroatoms. The highest BCUT2D eigenvalue weighted by Crippen LogP contribution is 2.27. The van der Waals surface area contributed by atoms with Crippen LogP contribution in [0.25, 0.3) is 0 Å². The van der Waals surface area contributed by atoms with Crippen molar-refractivity contribution >= 4 is 5.91 Å². The Kier molecular flexibility index (Phi) is 4.05. The summed E-state index contributed by atoms with van der Waals surface area (Å²) in [5.41, 5.74) is -0.670. The van der Waals surface area contributed by atoms with Crippen LogP contribution < -0.4 is 5.32 Å². The standard InChI is InChI=1S/C13H23NO3/c1-10-11(5-8-17-10)12(15)14-9-13(16)6-3-2-4-7-13/h10-11,16H,2-9H2,1H3,(H,14,15). The van der Waals surface area contributed by atoms with Crippen molar-refractivity contribution < 1.29 is 14.6 Å². The molecule has 2 fully saturated rings. The first-order valence-electron chi connectivity index (χ1n) is 6.72. The summed E-state index contributed by atoms with van der Waals surface area (Å²) in [6.45, 7) is 3.01. The van der Waals surface area contributed by atoms with E-state index in [-0.39, 0.29) is 17.9 Å². The Morgan fingerprint density at radius 1 is 1.41 bits per heavy atom. The zero-order valence-corrected chi connectivity index (χ0v) is 10.6. The molecule has 2 unspecified atom stereocenters. The van der Waals surface area contributed by atoms with Crippen LogP contribution in [0.2, 0.25) is 0 Å². The zero-order valence-electron chi connectivity index (χ0n) is 10.6. The van der Waals surface area contributed by atoms with Gasteiger partial charge in [0.2, 0.25) is 5.91 Å². The second-order valence-corrected chi connectivity index (χ2v) is 5.47. The highest BCUT2D eigenvalue weighted by molar-refractivity contribution is 5.79. The van der Waals surface area contributed by atoms with Gasteiger partial charge < -0.3 is 15.2 Å². The molecule has 2 rings (SSSR count). The summed E-state index contributed by atoms with van der Waals surface area (Å²) in [6.07, 6.45) is 5.75. The number of aliphatic hydroxyl groups is 1. The fourth-order valence-corrected chi connectivity index (χ4v) is 2.85.